The maximum absolute atomic E-state index is 5.14. The van der Waals surface area contributed by atoms with Crippen molar-refractivity contribution in [3.63, 3.8) is 0 Å². The molecule has 0 atom stereocenters. The lowest BCUT2D eigenvalue weighted by Gasteiger charge is -2.09. The minimum atomic E-state index is 0. The van der Waals surface area contributed by atoms with E-state index < -0.39 is 0 Å². The highest BCUT2D eigenvalue weighted by Gasteiger charge is 2.06. The average molecular weight is 421 g/mol. The summed E-state index contributed by atoms with van der Waals surface area (Å²) in [6.45, 7) is 7.21. The fourth-order valence-corrected chi connectivity index (χ4v) is 2.54. The summed E-state index contributed by atoms with van der Waals surface area (Å²) in [5.74, 6) is 1.50. The second-order valence-electron chi connectivity index (χ2n) is 4.46. The molecule has 0 aliphatic carbocycles. The molecule has 0 saturated heterocycles. The summed E-state index contributed by atoms with van der Waals surface area (Å²) in [7, 11) is 1.74. The molecule has 2 aromatic rings. The maximum atomic E-state index is 5.14. The van der Waals surface area contributed by atoms with E-state index in [0.717, 1.165) is 22.2 Å². The predicted molar refractivity (Wildman–Crippen MR) is 95.3 cm³/mol. The summed E-state index contributed by atoms with van der Waals surface area (Å²) in [6.07, 6.45) is 0. The van der Waals surface area contributed by atoms with Crippen LogP contribution in [0.2, 0.25) is 0 Å². The third-order valence-electron chi connectivity index (χ3n) is 2.81. The van der Waals surface area contributed by atoms with Crippen molar-refractivity contribution in [2.75, 3.05) is 7.05 Å². The minimum Gasteiger partial charge on any atom is -0.359 e. The van der Waals surface area contributed by atoms with Gasteiger partial charge < -0.3 is 15.2 Å². The number of halogens is 1. The molecular weight excluding hydrogens is 401 g/mol. The highest BCUT2D eigenvalue weighted by atomic mass is 127. The highest BCUT2D eigenvalue weighted by molar-refractivity contribution is 14.0. The third-order valence-corrected chi connectivity index (χ3v) is 3.88. The smallest absolute Gasteiger partial charge is 0.191 e. The van der Waals surface area contributed by atoms with Gasteiger partial charge in [0.15, 0.2) is 11.7 Å². The van der Waals surface area contributed by atoms with Gasteiger partial charge in [-0.15, -0.1) is 35.3 Å². The molecule has 2 aromatic heterocycles. The average Bonchev–Trinajstić information content (AvgIpc) is 2.97. The molecule has 21 heavy (non-hydrogen) atoms. The van der Waals surface area contributed by atoms with Gasteiger partial charge in [0.1, 0.15) is 5.01 Å². The van der Waals surface area contributed by atoms with Gasteiger partial charge in [0, 0.05) is 18.0 Å². The van der Waals surface area contributed by atoms with Gasteiger partial charge in [-0.1, -0.05) is 5.16 Å². The third kappa shape index (κ3) is 5.27. The van der Waals surface area contributed by atoms with E-state index in [1.165, 1.54) is 4.88 Å². The molecule has 116 valence electrons. The number of aryl methyl sites for hydroxylation is 3. The van der Waals surface area contributed by atoms with Crippen molar-refractivity contribution in [2.24, 2.45) is 4.99 Å². The van der Waals surface area contributed by atoms with E-state index in [4.69, 9.17) is 4.52 Å². The van der Waals surface area contributed by atoms with Crippen molar-refractivity contribution in [1.29, 1.82) is 0 Å². The number of nitrogens with one attached hydrogen (secondary N) is 2. The van der Waals surface area contributed by atoms with E-state index in [-0.39, 0.29) is 24.0 Å². The Bertz CT molecular complexity index is 588. The molecular formula is C13H20IN5OS. The largest absolute Gasteiger partial charge is 0.359 e. The molecule has 2 rings (SSSR count). The lowest BCUT2D eigenvalue weighted by atomic mass is 10.4. The maximum Gasteiger partial charge on any atom is 0.191 e. The number of aromatic nitrogens is 2. The van der Waals surface area contributed by atoms with Crippen LogP contribution in [0.5, 0.6) is 0 Å². The van der Waals surface area contributed by atoms with E-state index in [1.54, 1.807) is 18.4 Å². The first-order valence-electron chi connectivity index (χ1n) is 6.38. The van der Waals surface area contributed by atoms with Gasteiger partial charge in [-0.05, 0) is 20.8 Å². The lowest BCUT2D eigenvalue weighted by molar-refractivity contribution is 0.376. The van der Waals surface area contributed by atoms with E-state index in [1.807, 2.05) is 19.9 Å². The van der Waals surface area contributed by atoms with Crippen LogP contribution in [-0.4, -0.2) is 23.1 Å². The Kier molecular flexibility index (Phi) is 7.09. The van der Waals surface area contributed by atoms with Gasteiger partial charge in [-0.2, -0.15) is 0 Å². The normalized spacial score (nSPS) is 11.1. The van der Waals surface area contributed by atoms with Crippen LogP contribution in [-0.2, 0) is 13.1 Å². The zero-order valence-electron chi connectivity index (χ0n) is 12.6. The van der Waals surface area contributed by atoms with Crippen molar-refractivity contribution < 1.29 is 4.52 Å². The van der Waals surface area contributed by atoms with Crippen LogP contribution < -0.4 is 10.6 Å². The van der Waals surface area contributed by atoms with Crippen molar-refractivity contribution in [1.82, 2.24) is 20.8 Å². The fourth-order valence-electron chi connectivity index (χ4n) is 1.67. The molecule has 0 bridgehead atoms. The van der Waals surface area contributed by atoms with E-state index in [2.05, 4.69) is 32.7 Å². The number of hydrogen-bond acceptors (Lipinski definition) is 5. The molecule has 0 saturated carbocycles. The summed E-state index contributed by atoms with van der Waals surface area (Å²) in [5.41, 5.74) is 1.96. The zero-order chi connectivity index (χ0) is 14.5. The Labute approximate surface area is 145 Å². The van der Waals surface area contributed by atoms with E-state index in [9.17, 15) is 0 Å². The summed E-state index contributed by atoms with van der Waals surface area (Å²) < 4.78 is 5.14. The number of nitrogens with zero attached hydrogens (tertiary/aromatic N) is 3. The Morgan fingerprint density at radius 1 is 1.29 bits per heavy atom. The van der Waals surface area contributed by atoms with Crippen LogP contribution >= 0.6 is 35.3 Å². The predicted octanol–water partition coefficient (Wildman–Crippen LogP) is 2.54. The molecule has 0 radical (unpaired) electrons. The minimum absolute atomic E-state index is 0. The molecule has 6 nitrogen and oxygen atoms in total. The van der Waals surface area contributed by atoms with Crippen molar-refractivity contribution in [2.45, 2.75) is 33.9 Å². The molecule has 0 fully saturated rings. The molecule has 0 amide bonds. The van der Waals surface area contributed by atoms with Gasteiger partial charge in [-0.25, -0.2) is 4.98 Å². The van der Waals surface area contributed by atoms with Crippen LogP contribution in [0.3, 0.4) is 0 Å². The Morgan fingerprint density at radius 2 is 2.00 bits per heavy atom. The molecule has 2 N–H and O–H groups in total. The van der Waals surface area contributed by atoms with Gasteiger partial charge >= 0.3 is 0 Å². The van der Waals surface area contributed by atoms with Gasteiger partial charge in [-0.3, -0.25) is 4.99 Å². The van der Waals surface area contributed by atoms with Crippen LogP contribution in [0.4, 0.5) is 0 Å². The Hall–Kier alpha value is -1.16. The molecule has 0 aliphatic rings. The van der Waals surface area contributed by atoms with Crippen LogP contribution in [0, 0.1) is 20.8 Å². The van der Waals surface area contributed by atoms with Gasteiger partial charge in [0.05, 0.1) is 24.5 Å². The summed E-state index contributed by atoms with van der Waals surface area (Å²) in [4.78, 5) is 9.90. The van der Waals surface area contributed by atoms with E-state index in [0.29, 0.717) is 19.0 Å². The van der Waals surface area contributed by atoms with Gasteiger partial charge in [0.2, 0.25) is 0 Å². The molecule has 0 unspecified atom stereocenters. The number of guanidine groups is 1. The van der Waals surface area contributed by atoms with Crippen LogP contribution in [0.25, 0.3) is 0 Å². The topological polar surface area (TPSA) is 75.3 Å². The summed E-state index contributed by atoms with van der Waals surface area (Å²) >= 11 is 1.70. The standard InChI is InChI=1S/C13H19N5OS.HI/c1-8-5-11(19-18-8)6-15-13(14-4)16-7-12-17-9(2)10(3)20-12;/h5H,6-7H2,1-4H3,(H2,14,15,16);1H. The van der Waals surface area contributed by atoms with Crippen LogP contribution in [0.1, 0.15) is 27.0 Å². The quantitative estimate of drug-likeness (QED) is 0.451. The number of aliphatic imine (C=N–C) groups is 1. The highest BCUT2D eigenvalue weighted by Crippen LogP contribution is 2.15. The molecule has 0 aromatic carbocycles. The van der Waals surface area contributed by atoms with Crippen molar-refractivity contribution in [3.05, 3.63) is 33.1 Å². The van der Waals surface area contributed by atoms with Crippen LogP contribution in [0.15, 0.2) is 15.6 Å². The van der Waals surface area contributed by atoms with Crippen molar-refractivity contribution in [3.8, 4) is 0 Å². The van der Waals surface area contributed by atoms with Crippen molar-refractivity contribution >= 4 is 41.3 Å². The first-order valence-corrected chi connectivity index (χ1v) is 7.19. The molecule has 2 heterocycles. The zero-order valence-corrected chi connectivity index (χ0v) is 15.7. The molecule has 0 spiro atoms. The second-order valence-corrected chi connectivity index (χ2v) is 5.75. The number of hydrogen-bond donors (Lipinski definition) is 2. The monoisotopic (exact) mass is 421 g/mol. The Balaban J connectivity index is 0.00000220. The second kappa shape index (κ2) is 8.32. The van der Waals surface area contributed by atoms with E-state index >= 15 is 0 Å². The first kappa shape index (κ1) is 17.9. The number of rotatable bonds is 4. The molecule has 8 heteroatoms. The SMILES string of the molecule is CN=C(NCc1cc(C)no1)NCc1nc(C)c(C)s1.I. The summed E-state index contributed by atoms with van der Waals surface area (Å²) in [6, 6.07) is 1.90. The molecule has 0 aliphatic heterocycles. The summed E-state index contributed by atoms with van der Waals surface area (Å²) in [5, 5.41) is 11.3. The number of thiazole rings is 1. The Morgan fingerprint density at radius 3 is 2.52 bits per heavy atom. The first-order chi connectivity index (χ1) is 9.58. The van der Waals surface area contributed by atoms with Gasteiger partial charge in [0.25, 0.3) is 0 Å². The fraction of sp³-hybridized carbons (Fsp3) is 0.462. The lowest BCUT2D eigenvalue weighted by Crippen LogP contribution is -2.36.